The third-order valence-corrected chi connectivity index (χ3v) is 4.70. The van der Waals surface area contributed by atoms with Crippen LogP contribution in [-0.4, -0.2) is 35.8 Å². The van der Waals surface area contributed by atoms with Gasteiger partial charge in [-0.05, 0) is 31.4 Å². The molecule has 1 aromatic rings. The van der Waals surface area contributed by atoms with E-state index in [1.807, 2.05) is 36.1 Å². The number of carbonyl (C=O) groups excluding carboxylic acids is 2. The summed E-state index contributed by atoms with van der Waals surface area (Å²) in [5.41, 5.74) is 1.67. The SMILES string of the molecule is CC(=O)N(CCNC(=O)c1ccccc1C)C1CCCCCC1. The zero-order valence-electron chi connectivity index (χ0n) is 14.3. The summed E-state index contributed by atoms with van der Waals surface area (Å²) in [7, 11) is 0. The number of benzene rings is 1. The normalized spacial score (nSPS) is 15.7. The molecule has 0 heterocycles. The van der Waals surface area contributed by atoms with Crippen molar-refractivity contribution in [1.29, 1.82) is 0 Å². The predicted molar refractivity (Wildman–Crippen MR) is 92.4 cm³/mol. The Hall–Kier alpha value is -1.84. The van der Waals surface area contributed by atoms with Crippen molar-refractivity contribution >= 4 is 11.8 Å². The third-order valence-electron chi connectivity index (χ3n) is 4.70. The Labute approximate surface area is 139 Å². The van der Waals surface area contributed by atoms with Crippen LogP contribution in [0.3, 0.4) is 0 Å². The Kier molecular flexibility index (Phi) is 6.63. The van der Waals surface area contributed by atoms with Crippen LogP contribution in [0.1, 0.15) is 61.4 Å². The summed E-state index contributed by atoms with van der Waals surface area (Å²) in [6.45, 7) is 4.66. The monoisotopic (exact) mass is 316 g/mol. The van der Waals surface area contributed by atoms with Crippen LogP contribution in [-0.2, 0) is 4.79 Å². The maximum Gasteiger partial charge on any atom is 0.251 e. The fourth-order valence-electron chi connectivity index (χ4n) is 3.38. The van der Waals surface area contributed by atoms with Gasteiger partial charge in [-0.15, -0.1) is 0 Å². The fraction of sp³-hybridized carbons (Fsp3) is 0.579. The van der Waals surface area contributed by atoms with Crippen molar-refractivity contribution in [1.82, 2.24) is 10.2 Å². The molecule has 0 spiro atoms. The van der Waals surface area contributed by atoms with Crippen LogP contribution >= 0.6 is 0 Å². The highest BCUT2D eigenvalue weighted by molar-refractivity contribution is 5.95. The first-order chi connectivity index (χ1) is 11.1. The van der Waals surface area contributed by atoms with Crippen molar-refractivity contribution < 1.29 is 9.59 Å². The molecule has 1 aliphatic carbocycles. The van der Waals surface area contributed by atoms with Gasteiger partial charge in [-0.3, -0.25) is 9.59 Å². The first-order valence-corrected chi connectivity index (χ1v) is 8.70. The number of hydrogen-bond donors (Lipinski definition) is 1. The van der Waals surface area contributed by atoms with Gasteiger partial charge in [0, 0.05) is 31.6 Å². The number of rotatable bonds is 5. The molecule has 1 aliphatic rings. The molecule has 2 rings (SSSR count). The number of nitrogens with zero attached hydrogens (tertiary/aromatic N) is 1. The van der Waals surface area contributed by atoms with Crippen LogP contribution in [0.4, 0.5) is 0 Å². The van der Waals surface area contributed by atoms with E-state index >= 15 is 0 Å². The Balaban J connectivity index is 1.88. The average molecular weight is 316 g/mol. The minimum Gasteiger partial charge on any atom is -0.350 e. The minimum atomic E-state index is -0.0625. The summed E-state index contributed by atoms with van der Waals surface area (Å²) in [6.07, 6.45) is 7.11. The maximum atomic E-state index is 12.2. The zero-order valence-corrected chi connectivity index (χ0v) is 14.3. The minimum absolute atomic E-state index is 0.0625. The van der Waals surface area contributed by atoms with Crippen molar-refractivity contribution in [2.45, 2.75) is 58.4 Å². The summed E-state index contributed by atoms with van der Waals surface area (Å²) < 4.78 is 0. The highest BCUT2D eigenvalue weighted by Crippen LogP contribution is 2.21. The third kappa shape index (κ3) is 5.08. The van der Waals surface area contributed by atoms with Crippen LogP contribution in [0.5, 0.6) is 0 Å². The van der Waals surface area contributed by atoms with E-state index < -0.39 is 0 Å². The molecule has 1 aromatic carbocycles. The lowest BCUT2D eigenvalue weighted by Crippen LogP contribution is -2.43. The van der Waals surface area contributed by atoms with Crippen LogP contribution in [0.15, 0.2) is 24.3 Å². The quantitative estimate of drug-likeness (QED) is 0.847. The van der Waals surface area contributed by atoms with E-state index in [0.29, 0.717) is 24.7 Å². The van der Waals surface area contributed by atoms with Crippen LogP contribution in [0.2, 0.25) is 0 Å². The van der Waals surface area contributed by atoms with Gasteiger partial charge >= 0.3 is 0 Å². The lowest BCUT2D eigenvalue weighted by molar-refractivity contribution is -0.131. The van der Waals surface area contributed by atoms with E-state index in [1.54, 1.807) is 6.92 Å². The molecule has 0 saturated heterocycles. The molecule has 2 amide bonds. The Bertz CT molecular complexity index is 534. The van der Waals surface area contributed by atoms with Gasteiger partial charge in [0.2, 0.25) is 5.91 Å². The van der Waals surface area contributed by atoms with Gasteiger partial charge in [0.05, 0.1) is 0 Å². The van der Waals surface area contributed by atoms with Gasteiger partial charge in [-0.1, -0.05) is 43.9 Å². The molecule has 1 N–H and O–H groups in total. The summed E-state index contributed by atoms with van der Waals surface area (Å²) in [5, 5.41) is 2.95. The molecule has 4 nitrogen and oxygen atoms in total. The van der Waals surface area contributed by atoms with Gasteiger partial charge in [0.1, 0.15) is 0 Å². The van der Waals surface area contributed by atoms with Crippen molar-refractivity contribution in [3.05, 3.63) is 35.4 Å². The van der Waals surface area contributed by atoms with Crippen molar-refractivity contribution in [2.24, 2.45) is 0 Å². The van der Waals surface area contributed by atoms with Gasteiger partial charge < -0.3 is 10.2 Å². The molecule has 126 valence electrons. The highest BCUT2D eigenvalue weighted by atomic mass is 16.2. The molecular formula is C19H28N2O2. The van der Waals surface area contributed by atoms with Gasteiger partial charge in [-0.2, -0.15) is 0 Å². The van der Waals surface area contributed by atoms with Crippen LogP contribution < -0.4 is 5.32 Å². The van der Waals surface area contributed by atoms with E-state index in [2.05, 4.69) is 5.32 Å². The van der Waals surface area contributed by atoms with E-state index in [4.69, 9.17) is 0 Å². The molecule has 0 unspecified atom stereocenters. The second-order valence-corrected chi connectivity index (χ2v) is 6.43. The summed E-state index contributed by atoms with van der Waals surface area (Å²) in [5.74, 6) is 0.0505. The molecule has 1 saturated carbocycles. The molecule has 0 radical (unpaired) electrons. The standard InChI is InChI=1S/C19H28N2O2/c1-15-9-7-8-12-18(15)19(23)20-13-14-21(16(2)22)17-10-5-3-4-6-11-17/h7-9,12,17H,3-6,10-11,13-14H2,1-2H3,(H,20,23). The topological polar surface area (TPSA) is 49.4 Å². The summed E-state index contributed by atoms with van der Waals surface area (Å²) in [6, 6.07) is 7.90. The average Bonchev–Trinajstić information content (AvgIpc) is 2.80. The van der Waals surface area contributed by atoms with E-state index in [0.717, 1.165) is 18.4 Å². The van der Waals surface area contributed by atoms with Crippen molar-refractivity contribution in [2.75, 3.05) is 13.1 Å². The Morgan fingerprint density at radius 2 is 1.78 bits per heavy atom. The van der Waals surface area contributed by atoms with Crippen LogP contribution in [0, 0.1) is 6.92 Å². The largest absolute Gasteiger partial charge is 0.350 e. The molecule has 0 aliphatic heterocycles. The van der Waals surface area contributed by atoms with E-state index in [1.165, 1.54) is 25.7 Å². The molecular weight excluding hydrogens is 288 g/mol. The molecule has 4 heteroatoms. The van der Waals surface area contributed by atoms with E-state index in [-0.39, 0.29) is 11.8 Å². The predicted octanol–water partition coefficient (Wildman–Crippen LogP) is 3.30. The molecule has 23 heavy (non-hydrogen) atoms. The van der Waals surface area contributed by atoms with Gasteiger partial charge in [-0.25, -0.2) is 0 Å². The second-order valence-electron chi connectivity index (χ2n) is 6.43. The van der Waals surface area contributed by atoms with Gasteiger partial charge in [0.25, 0.3) is 5.91 Å². The maximum absolute atomic E-state index is 12.2. The first kappa shape index (κ1) is 17.5. The fourth-order valence-corrected chi connectivity index (χ4v) is 3.38. The summed E-state index contributed by atoms with van der Waals surface area (Å²) in [4.78, 5) is 26.1. The number of amides is 2. The Morgan fingerprint density at radius 3 is 2.39 bits per heavy atom. The number of nitrogens with one attached hydrogen (secondary N) is 1. The van der Waals surface area contributed by atoms with Gasteiger partial charge in [0.15, 0.2) is 0 Å². The lowest BCUT2D eigenvalue weighted by Gasteiger charge is -2.30. The molecule has 0 bridgehead atoms. The van der Waals surface area contributed by atoms with E-state index in [9.17, 15) is 9.59 Å². The smallest absolute Gasteiger partial charge is 0.251 e. The second kappa shape index (κ2) is 8.70. The highest BCUT2D eigenvalue weighted by Gasteiger charge is 2.22. The number of hydrogen-bond acceptors (Lipinski definition) is 2. The molecule has 1 fully saturated rings. The summed E-state index contributed by atoms with van der Waals surface area (Å²) >= 11 is 0. The first-order valence-electron chi connectivity index (χ1n) is 8.70. The van der Waals surface area contributed by atoms with Crippen LogP contribution in [0.25, 0.3) is 0 Å². The number of aryl methyl sites for hydroxylation is 1. The zero-order chi connectivity index (χ0) is 16.7. The van der Waals surface area contributed by atoms with Crippen molar-refractivity contribution in [3.63, 3.8) is 0 Å². The lowest BCUT2D eigenvalue weighted by atomic mass is 10.1. The number of carbonyl (C=O) groups is 2. The molecule has 0 atom stereocenters. The molecule has 0 aromatic heterocycles. The van der Waals surface area contributed by atoms with Crippen molar-refractivity contribution in [3.8, 4) is 0 Å². The Morgan fingerprint density at radius 1 is 1.13 bits per heavy atom.